The van der Waals surface area contributed by atoms with Gasteiger partial charge in [-0.3, -0.25) is 22.8 Å². The zero-order chi connectivity index (χ0) is 17.9. The van der Waals surface area contributed by atoms with E-state index in [1.807, 2.05) is 0 Å². The molecule has 0 bridgehead atoms. The normalized spacial score (nSPS) is 12.0. The van der Waals surface area contributed by atoms with Crippen LogP contribution in [-0.4, -0.2) is 88.8 Å². The standard InChI is InChI=1S/C4H11NO5S.2H2O4S/c6-3-1-5(2-4-7)11(8,9)10;2*1-5(2,3)4/h6-7H,1-4H2,(H,8,9,10);2*(H2,1,2,3,4). The van der Waals surface area contributed by atoms with E-state index in [1.54, 1.807) is 0 Å². The minimum Gasteiger partial charge on any atom is -0.395 e. The van der Waals surface area contributed by atoms with E-state index in [9.17, 15) is 8.42 Å². The molecule has 0 saturated heterocycles. The van der Waals surface area contributed by atoms with Gasteiger partial charge in [-0.15, -0.1) is 0 Å². The molecule has 0 amide bonds. The van der Waals surface area contributed by atoms with Crippen LogP contribution in [0.15, 0.2) is 0 Å². The van der Waals surface area contributed by atoms with E-state index in [4.69, 9.17) is 49.8 Å². The van der Waals surface area contributed by atoms with Gasteiger partial charge in [-0.05, 0) is 0 Å². The van der Waals surface area contributed by atoms with Gasteiger partial charge in [0, 0.05) is 13.1 Å². The summed E-state index contributed by atoms with van der Waals surface area (Å²) in [7, 11) is -13.6. The molecule has 0 heterocycles. The number of aliphatic hydroxyl groups is 2. The molecular weight excluding hydrogens is 366 g/mol. The topological polar surface area (TPSA) is 247 Å². The number of aliphatic hydroxyl groups excluding tert-OH is 2. The van der Waals surface area contributed by atoms with E-state index < -0.39 is 31.1 Å². The van der Waals surface area contributed by atoms with Gasteiger partial charge in [0.05, 0.1) is 13.2 Å². The molecule has 0 aliphatic heterocycles. The van der Waals surface area contributed by atoms with Crippen molar-refractivity contribution in [3.05, 3.63) is 0 Å². The van der Waals surface area contributed by atoms with Crippen LogP contribution >= 0.6 is 0 Å². The van der Waals surface area contributed by atoms with Crippen molar-refractivity contribution >= 4 is 31.1 Å². The Kier molecular flexibility index (Phi) is 13.5. The molecule has 7 N–H and O–H groups in total. The summed E-state index contributed by atoms with van der Waals surface area (Å²) in [4.78, 5) is 0. The van der Waals surface area contributed by atoms with Gasteiger partial charge in [0.25, 0.3) is 0 Å². The highest BCUT2D eigenvalue weighted by atomic mass is 32.3. The summed E-state index contributed by atoms with van der Waals surface area (Å²) in [6.45, 7) is -1.20. The van der Waals surface area contributed by atoms with Gasteiger partial charge in [-0.2, -0.15) is 29.6 Å². The summed E-state index contributed by atoms with van der Waals surface area (Å²) in [5, 5.41) is 16.7. The average Bonchev–Trinajstić information content (AvgIpc) is 2.10. The maximum atomic E-state index is 10.4. The van der Waals surface area contributed by atoms with Crippen LogP contribution in [0.5, 0.6) is 0 Å². The van der Waals surface area contributed by atoms with Crippen molar-refractivity contribution in [3.8, 4) is 0 Å². The predicted molar refractivity (Wildman–Crippen MR) is 65.6 cm³/mol. The highest BCUT2D eigenvalue weighted by molar-refractivity contribution is 7.83. The Morgan fingerprint density at radius 3 is 0.905 bits per heavy atom. The van der Waals surface area contributed by atoms with Crippen molar-refractivity contribution in [1.82, 2.24) is 4.31 Å². The van der Waals surface area contributed by atoms with Crippen LogP contribution in [0.2, 0.25) is 0 Å². The quantitative estimate of drug-likeness (QED) is 0.232. The van der Waals surface area contributed by atoms with E-state index in [1.165, 1.54) is 0 Å². The summed E-state index contributed by atoms with van der Waals surface area (Å²) < 4.78 is 92.9. The Morgan fingerprint density at radius 1 is 0.619 bits per heavy atom. The molecule has 0 fully saturated rings. The van der Waals surface area contributed by atoms with Crippen LogP contribution < -0.4 is 0 Å². The van der Waals surface area contributed by atoms with E-state index in [-0.39, 0.29) is 26.3 Å². The third-order valence-electron chi connectivity index (χ3n) is 1.03. The first-order valence-electron chi connectivity index (χ1n) is 4.36. The predicted octanol–water partition coefficient (Wildman–Crippen LogP) is -3.23. The lowest BCUT2D eigenvalue weighted by Gasteiger charge is -2.14. The van der Waals surface area contributed by atoms with Crippen molar-refractivity contribution in [2.75, 3.05) is 26.3 Å². The minimum atomic E-state index is -4.67. The number of hydrogen-bond donors (Lipinski definition) is 7. The third kappa shape index (κ3) is 45.1. The summed E-state index contributed by atoms with van der Waals surface area (Å²) in [5.74, 6) is 0. The molecule has 0 saturated carbocycles. The van der Waals surface area contributed by atoms with E-state index in [0.717, 1.165) is 0 Å². The fourth-order valence-corrected chi connectivity index (χ4v) is 1.19. The number of rotatable bonds is 5. The zero-order valence-corrected chi connectivity index (χ0v) is 12.5. The van der Waals surface area contributed by atoms with Crippen LogP contribution in [0.4, 0.5) is 0 Å². The molecule has 0 unspecified atom stereocenters. The van der Waals surface area contributed by atoms with Gasteiger partial charge < -0.3 is 10.2 Å². The first kappa shape index (κ1) is 25.5. The molecule has 21 heavy (non-hydrogen) atoms. The highest BCUT2D eigenvalue weighted by Gasteiger charge is 2.16. The molecule has 0 aromatic carbocycles. The molecule has 0 rings (SSSR count). The maximum Gasteiger partial charge on any atom is 0.394 e. The smallest absolute Gasteiger partial charge is 0.394 e. The van der Waals surface area contributed by atoms with Crippen molar-refractivity contribution in [1.29, 1.82) is 0 Å². The fourth-order valence-electron chi connectivity index (χ4n) is 0.566. The average molecular weight is 381 g/mol. The SMILES string of the molecule is O=S(=O)(O)N(CCO)CCO.O=S(=O)(O)O.O=S(=O)(O)O. The Bertz CT molecular complexity index is 494. The van der Waals surface area contributed by atoms with Gasteiger partial charge in [0.2, 0.25) is 0 Å². The van der Waals surface area contributed by atoms with Crippen LogP contribution in [0.3, 0.4) is 0 Å². The van der Waals surface area contributed by atoms with Crippen LogP contribution in [0, 0.1) is 0 Å². The minimum absolute atomic E-state index is 0.209. The van der Waals surface area contributed by atoms with E-state index in [0.29, 0.717) is 4.31 Å². The zero-order valence-electron chi connectivity index (χ0n) is 10.1. The van der Waals surface area contributed by atoms with Crippen molar-refractivity contribution in [2.45, 2.75) is 0 Å². The molecule has 0 atom stereocenters. The Morgan fingerprint density at radius 2 is 0.810 bits per heavy atom. The molecule has 132 valence electrons. The third-order valence-corrected chi connectivity index (χ3v) is 2.04. The summed E-state index contributed by atoms with van der Waals surface area (Å²) in [6.07, 6.45) is 0. The second kappa shape index (κ2) is 11.1. The molecule has 0 aliphatic carbocycles. The lowest BCUT2D eigenvalue weighted by molar-refractivity contribution is 0.208. The number of nitrogens with zero attached hydrogens (tertiary/aromatic N) is 1. The van der Waals surface area contributed by atoms with Gasteiger partial charge in [0.15, 0.2) is 0 Å². The van der Waals surface area contributed by atoms with Gasteiger partial charge in [-0.1, -0.05) is 0 Å². The molecule has 0 radical (unpaired) electrons. The highest BCUT2D eigenvalue weighted by Crippen LogP contribution is 1.94. The maximum absolute atomic E-state index is 10.4. The van der Waals surface area contributed by atoms with Crippen molar-refractivity contribution in [3.63, 3.8) is 0 Å². The van der Waals surface area contributed by atoms with Gasteiger partial charge >= 0.3 is 31.1 Å². The largest absolute Gasteiger partial charge is 0.395 e. The molecule has 0 aliphatic rings. The van der Waals surface area contributed by atoms with Crippen LogP contribution in [0.25, 0.3) is 0 Å². The first-order chi connectivity index (χ1) is 9.02. The van der Waals surface area contributed by atoms with Gasteiger partial charge in [-0.25, -0.2) is 0 Å². The summed E-state index contributed by atoms with van der Waals surface area (Å²) in [6, 6.07) is 0. The fraction of sp³-hybridized carbons (Fsp3) is 1.00. The van der Waals surface area contributed by atoms with Crippen molar-refractivity contribution in [2.24, 2.45) is 0 Å². The lowest BCUT2D eigenvalue weighted by Crippen LogP contribution is -2.35. The molecule has 0 aromatic rings. The first-order valence-corrected chi connectivity index (χ1v) is 8.55. The Balaban J connectivity index is -0.000000270. The molecular formula is C4H15NO13S3. The van der Waals surface area contributed by atoms with E-state index >= 15 is 0 Å². The van der Waals surface area contributed by atoms with Crippen molar-refractivity contribution < 1.29 is 58.2 Å². The summed E-state index contributed by atoms with van der Waals surface area (Å²) >= 11 is 0. The molecule has 17 heteroatoms. The molecule has 14 nitrogen and oxygen atoms in total. The Hall–Kier alpha value is -0.470. The second-order valence-electron chi connectivity index (χ2n) is 2.72. The lowest BCUT2D eigenvalue weighted by atomic mass is 10.6. The summed E-state index contributed by atoms with van der Waals surface area (Å²) in [5.41, 5.74) is 0. The molecule has 0 aromatic heterocycles. The van der Waals surface area contributed by atoms with Crippen LogP contribution in [-0.2, 0) is 31.1 Å². The van der Waals surface area contributed by atoms with Crippen LogP contribution in [0.1, 0.15) is 0 Å². The van der Waals surface area contributed by atoms with E-state index in [2.05, 4.69) is 0 Å². The Labute approximate surface area is 120 Å². The van der Waals surface area contributed by atoms with Gasteiger partial charge in [0.1, 0.15) is 0 Å². The molecule has 0 spiro atoms. The monoisotopic (exact) mass is 381 g/mol. The number of hydrogen-bond acceptors (Lipinski definition) is 8. The second-order valence-corrected chi connectivity index (χ2v) is 5.92.